The fraction of sp³-hybridized carbons (Fsp3) is 0.562. The van der Waals surface area contributed by atoms with E-state index in [0.29, 0.717) is 13.2 Å². The van der Waals surface area contributed by atoms with Crippen molar-refractivity contribution >= 4 is 5.97 Å². The van der Waals surface area contributed by atoms with Gasteiger partial charge in [0.2, 0.25) is 0 Å². The van der Waals surface area contributed by atoms with Crippen LogP contribution in [-0.4, -0.2) is 66.2 Å². The molecular formula is C16H22N2O3. The van der Waals surface area contributed by atoms with Gasteiger partial charge in [0.05, 0.1) is 12.7 Å². The van der Waals surface area contributed by atoms with Crippen molar-refractivity contribution in [2.75, 3.05) is 39.3 Å². The molecule has 0 radical (unpaired) electrons. The highest BCUT2D eigenvalue weighted by Crippen LogP contribution is 2.18. The molecule has 2 aliphatic heterocycles. The maximum atomic E-state index is 11.6. The van der Waals surface area contributed by atoms with E-state index in [0.717, 1.165) is 38.2 Å². The van der Waals surface area contributed by atoms with Crippen LogP contribution in [0.3, 0.4) is 0 Å². The van der Waals surface area contributed by atoms with Crippen molar-refractivity contribution in [3.8, 4) is 0 Å². The molecule has 2 heterocycles. The smallest absolute Gasteiger partial charge is 0.323 e. The zero-order chi connectivity index (χ0) is 14.7. The van der Waals surface area contributed by atoms with Gasteiger partial charge in [0, 0.05) is 39.1 Å². The van der Waals surface area contributed by atoms with Gasteiger partial charge in [0.15, 0.2) is 0 Å². The van der Waals surface area contributed by atoms with Crippen LogP contribution in [0.25, 0.3) is 0 Å². The minimum atomic E-state index is -0.450. The van der Waals surface area contributed by atoms with Gasteiger partial charge < -0.3 is 9.84 Å². The van der Waals surface area contributed by atoms with Crippen molar-refractivity contribution in [2.24, 2.45) is 0 Å². The van der Waals surface area contributed by atoms with Crippen LogP contribution in [0.1, 0.15) is 18.1 Å². The second-order valence-electron chi connectivity index (χ2n) is 5.74. The van der Waals surface area contributed by atoms with Crippen molar-refractivity contribution < 1.29 is 14.6 Å². The van der Waals surface area contributed by atoms with Gasteiger partial charge in [-0.2, -0.15) is 0 Å². The molecule has 0 amide bonds. The van der Waals surface area contributed by atoms with Crippen LogP contribution < -0.4 is 0 Å². The Balaban J connectivity index is 1.48. The number of esters is 1. The van der Waals surface area contributed by atoms with Gasteiger partial charge in [-0.3, -0.25) is 14.6 Å². The summed E-state index contributed by atoms with van der Waals surface area (Å²) in [6, 6.07) is 9.71. The van der Waals surface area contributed by atoms with Crippen molar-refractivity contribution in [1.82, 2.24) is 9.80 Å². The molecule has 0 unspecified atom stereocenters. The first-order chi connectivity index (χ1) is 10.2. The van der Waals surface area contributed by atoms with E-state index in [9.17, 15) is 9.90 Å². The average molecular weight is 290 g/mol. The molecule has 0 bridgehead atoms. The summed E-state index contributed by atoms with van der Waals surface area (Å²) >= 11 is 0. The fourth-order valence-corrected chi connectivity index (χ4v) is 3.10. The third-order valence-electron chi connectivity index (χ3n) is 4.37. The molecule has 2 aliphatic rings. The lowest BCUT2D eigenvalue weighted by Crippen LogP contribution is -2.52. The minimum absolute atomic E-state index is 0.0498. The summed E-state index contributed by atoms with van der Waals surface area (Å²) in [5.74, 6) is -0.0761. The second-order valence-corrected chi connectivity index (χ2v) is 5.74. The van der Waals surface area contributed by atoms with Gasteiger partial charge in [-0.05, 0) is 5.56 Å². The van der Waals surface area contributed by atoms with Crippen LogP contribution >= 0.6 is 0 Å². The summed E-state index contributed by atoms with van der Waals surface area (Å²) in [5.41, 5.74) is 0.958. The average Bonchev–Trinajstić information content (AvgIpc) is 2.95. The van der Waals surface area contributed by atoms with E-state index in [-0.39, 0.29) is 12.0 Å². The third-order valence-corrected chi connectivity index (χ3v) is 4.37. The number of aliphatic hydroxyl groups is 1. The number of nitrogens with zero attached hydrogens (tertiary/aromatic N) is 2. The normalized spacial score (nSPS) is 25.8. The number of carbonyl (C=O) groups is 1. The number of carbonyl (C=O) groups excluding carboxylic acids is 1. The Kier molecular flexibility index (Phi) is 4.53. The Hall–Kier alpha value is -1.43. The summed E-state index contributed by atoms with van der Waals surface area (Å²) in [7, 11) is 0. The fourth-order valence-electron chi connectivity index (χ4n) is 3.10. The summed E-state index contributed by atoms with van der Waals surface area (Å²) in [4.78, 5) is 16.1. The van der Waals surface area contributed by atoms with Gasteiger partial charge in [0.25, 0.3) is 0 Å². The Labute approximate surface area is 125 Å². The lowest BCUT2D eigenvalue weighted by Gasteiger charge is -2.37. The zero-order valence-corrected chi connectivity index (χ0v) is 12.1. The third kappa shape index (κ3) is 3.43. The van der Waals surface area contributed by atoms with Crippen LogP contribution in [0.15, 0.2) is 30.3 Å². The Morgan fingerprint density at radius 1 is 1.19 bits per heavy atom. The molecule has 2 atom stereocenters. The van der Waals surface area contributed by atoms with Crippen molar-refractivity contribution in [2.45, 2.75) is 18.6 Å². The van der Waals surface area contributed by atoms with Gasteiger partial charge >= 0.3 is 5.97 Å². The van der Waals surface area contributed by atoms with Crippen LogP contribution in [0.5, 0.6) is 0 Å². The van der Waals surface area contributed by atoms with Gasteiger partial charge in [-0.25, -0.2) is 0 Å². The molecule has 1 N–H and O–H groups in total. The molecule has 0 spiro atoms. The Morgan fingerprint density at radius 2 is 1.90 bits per heavy atom. The number of ether oxygens (including phenoxy) is 1. The largest absolute Gasteiger partial charge is 0.464 e. The molecular weight excluding hydrogens is 268 g/mol. The second kappa shape index (κ2) is 6.56. The van der Waals surface area contributed by atoms with Crippen molar-refractivity contribution in [3.63, 3.8) is 0 Å². The number of aliphatic hydroxyl groups excluding tert-OH is 1. The lowest BCUT2D eigenvalue weighted by atomic mass is 10.1. The summed E-state index contributed by atoms with van der Waals surface area (Å²) in [6.07, 6.45) is 0.361. The molecule has 5 nitrogen and oxygen atoms in total. The van der Waals surface area contributed by atoms with E-state index in [4.69, 9.17) is 4.74 Å². The molecule has 1 aromatic carbocycles. The highest BCUT2D eigenvalue weighted by Gasteiger charge is 2.34. The van der Waals surface area contributed by atoms with E-state index in [1.54, 1.807) is 0 Å². The highest BCUT2D eigenvalue weighted by molar-refractivity contribution is 5.77. The van der Waals surface area contributed by atoms with Gasteiger partial charge in [-0.1, -0.05) is 30.3 Å². The predicted octanol–water partition coefficient (Wildman–Crippen LogP) is 0.653. The Morgan fingerprint density at radius 3 is 2.52 bits per heavy atom. The van der Waals surface area contributed by atoms with Crippen LogP contribution in [0, 0.1) is 0 Å². The first-order valence-corrected chi connectivity index (χ1v) is 7.60. The number of benzene rings is 1. The molecule has 21 heavy (non-hydrogen) atoms. The summed E-state index contributed by atoms with van der Waals surface area (Å²) in [5, 5.41) is 10.3. The number of β-amino-alcohol motifs (C(OH)–C–C–N with tert-alkyl or cyclic N) is 1. The van der Waals surface area contributed by atoms with Crippen LogP contribution in [0.2, 0.25) is 0 Å². The molecule has 0 saturated carbocycles. The molecule has 1 aromatic rings. The lowest BCUT2D eigenvalue weighted by molar-refractivity contribution is -0.142. The number of hydrogen-bond donors (Lipinski definition) is 1. The standard InChI is InChI=1S/C16H22N2O3/c19-15(13-4-2-1-3-5-13)12-17-7-9-18(10-8-17)14-6-11-21-16(14)20/h1-5,14-15,19H,6-12H2/t14-,15+/m1/s1. The zero-order valence-electron chi connectivity index (χ0n) is 12.1. The quantitative estimate of drug-likeness (QED) is 0.825. The van der Waals surface area contributed by atoms with E-state index in [2.05, 4.69) is 9.80 Å². The van der Waals surface area contributed by atoms with E-state index in [1.165, 1.54) is 0 Å². The maximum Gasteiger partial charge on any atom is 0.323 e. The topological polar surface area (TPSA) is 53.0 Å². The SMILES string of the molecule is O=C1OCC[C@H]1N1CCN(C[C@H](O)c2ccccc2)CC1. The first kappa shape index (κ1) is 14.5. The number of piperazine rings is 1. The number of cyclic esters (lactones) is 1. The van der Waals surface area contributed by atoms with Crippen LogP contribution in [-0.2, 0) is 9.53 Å². The highest BCUT2D eigenvalue weighted by atomic mass is 16.5. The monoisotopic (exact) mass is 290 g/mol. The maximum absolute atomic E-state index is 11.6. The number of rotatable bonds is 4. The number of hydrogen-bond acceptors (Lipinski definition) is 5. The van der Waals surface area contributed by atoms with Crippen molar-refractivity contribution in [3.05, 3.63) is 35.9 Å². The molecule has 114 valence electrons. The van der Waals surface area contributed by atoms with E-state index >= 15 is 0 Å². The van der Waals surface area contributed by atoms with E-state index in [1.807, 2.05) is 30.3 Å². The molecule has 0 aromatic heterocycles. The van der Waals surface area contributed by atoms with Crippen LogP contribution in [0.4, 0.5) is 0 Å². The minimum Gasteiger partial charge on any atom is -0.464 e. The first-order valence-electron chi connectivity index (χ1n) is 7.60. The molecule has 2 fully saturated rings. The molecule has 0 aliphatic carbocycles. The molecule has 2 saturated heterocycles. The van der Waals surface area contributed by atoms with Gasteiger partial charge in [0.1, 0.15) is 6.04 Å². The summed E-state index contributed by atoms with van der Waals surface area (Å²) < 4.78 is 5.03. The van der Waals surface area contributed by atoms with Gasteiger partial charge in [-0.15, -0.1) is 0 Å². The predicted molar refractivity (Wildman–Crippen MR) is 78.8 cm³/mol. The van der Waals surface area contributed by atoms with Crippen molar-refractivity contribution in [1.29, 1.82) is 0 Å². The van der Waals surface area contributed by atoms with E-state index < -0.39 is 6.10 Å². The molecule has 3 rings (SSSR count). The molecule has 5 heteroatoms. The summed E-state index contributed by atoms with van der Waals surface area (Å²) in [6.45, 7) is 4.69. The Bertz CT molecular complexity index is 472.